The van der Waals surface area contributed by atoms with Gasteiger partial charge in [-0.2, -0.15) is 42.7 Å². The molecule has 3 fully saturated rings. The van der Waals surface area contributed by atoms with Crippen molar-refractivity contribution in [2.75, 3.05) is 60.9 Å². The Hall–Kier alpha value is -13.3. The van der Waals surface area contributed by atoms with Gasteiger partial charge in [0.2, 0.25) is 109 Å². The number of carbonyl (C=O) groups is 20. The van der Waals surface area contributed by atoms with Crippen LogP contribution in [0.1, 0.15) is 110 Å². The number of fused-ring (bicyclic) bond motifs is 4. The van der Waals surface area contributed by atoms with Crippen molar-refractivity contribution in [2.45, 2.75) is 203 Å². The number of hydrogen-bond acceptors (Lipinski definition) is 30. The topological polar surface area (TPSA) is 770 Å². The van der Waals surface area contributed by atoms with Gasteiger partial charge in [0.25, 0.3) is 5.91 Å². The van der Waals surface area contributed by atoms with E-state index in [-0.39, 0.29) is 21.9 Å². The Labute approximate surface area is 806 Å². The molecule has 3 saturated heterocycles. The number of carboxylic acid groups (broad SMARTS) is 4. The molecule has 7 rings (SSSR count). The Morgan fingerprint density at radius 1 is 0.468 bits per heavy atom. The van der Waals surface area contributed by atoms with Gasteiger partial charge in [-0.3, -0.25) is 95.9 Å². The number of nitrogens with two attached hydrogens (primary N) is 3. The van der Waals surface area contributed by atoms with Gasteiger partial charge in [-0.05, 0) is 85.5 Å². The molecule has 50 nitrogen and oxygen atoms in total. The second-order valence-corrected chi connectivity index (χ2v) is 40.6. The van der Waals surface area contributed by atoms with Crippen LogP contribution in [0.4, 0.5) is 0 Å². The number of carboxylic acids is 4. The van der Waals surface area contributed by atoms with Gasteiger partial charge in [-0.15, -0.1) is 0 Å². The monoisotopic (exact) mass is 2020 g/mol. The van der Waals surface area contributed by atoms with Gasteiger partial charge >= 0.3 is 23.9 Å². The number of primary amides is 2. The van der Waals surface area contributed by atoms with Gasteiger partial charge < -0.3 is 112 Å². The largest absolute Gasteiger partial charge is 0.508 e. The van der Waals surface area contributed by atoms with Gasteiger partial charge in [0, 0.05) is 68.2 Å². The van der Waals surface area contributed by atoms with E-state index in [1.807, 2.05) is 0 Å². The number of sulfonamides is 2. The lowest BCUT2D eigenvalue weighted by atomic mass is 9.85. The molecule has 3 aliphatic rings. The molecule has 760 valence electrons. The summed E-state index contributed by atoms with van der Waals surface area (Å²) in [5, 5.41) is 84.1. The van der Waals surface area contributed by atoms with Crippen LogP contribution in [-0.2, 0) is 135 Å². The van der Waals surface area contributed by atoms with Crippen molar-refractivity contribution < 1.29 is 138 Å². The number of phenols is 1. The minimum Gasteiger partial charge on any atom is -0.508 e. The average molecular weight is 2030 g/mol. The van der Waals surface area contributed by atoms with E-state index in [2.05, 4.69) is 74.7 Å². The normalized spacial score (nSPS) is 26.7. The third-order valence-corrected chi connectivity index (χ3v) is 28.1. The first-order valence-corrected chi connectivity index (χ1v) is 49.1. The maximum absolute atomic E-state index is 16.0. The first-order chi connectivity index (χ1) is 65.2. The van der Waals surface area contributed by atoms with Crippen molar-refractivity contribution in [3.8, 4) is 5.75 Å². The maximum Gasteiger partial charge on any atom is 0.305 e. The lowest BCUT2D eigenvalue weighted by Gasteiger charge is -2.39. The highest BCUT2D eigenvalue weighted by atomic mass is 32.2. The smallest absolute Gasteiger partial charge is 0.305 e. The molecule has 3 aliphatic heterocycles. The van der Waals surface area contributed by atoms with Crippen LogP contribution in [-0.4, -0.2) is 331 Å². The number of nitrogens with zero attached hydrogens (tertiary/aromatic N) is 4. The van der Waals surface area contributed by atoms with Crippen molar-refractivity contribution in [3.05, 3.63) is 114 Å². The molecule has 4 aromatic rings. The van der Waals surface area contributed by atoms with Gasteiger partial charge in [0.15, 0.2) is 0 Å². The van der Waals surface area contributed by atoms with Crippen molar-refractivity contribution in [1.29, 1.82) is 0 Å². The summed E-state index contributed by atoms with van der Waals surface area (Å²) in [4.78, 5) is 284. The third kappa shape index (κ3) is 35.3. The van der Waals surface area contributed by atoms with E-state index >= 15 is 40.8 Å². The van der Waals surface area contributed by atoms with Crippen LogP contribution in [0.3, 0.4) is 0 Å². The summed E-state index contributed by atoms with van der Waals surface area (Å²) in [6.45, 7) is 4.76. The molecule has 18 atom stereocenters. The first-order valence-electron chi connectivity index (χ1n) is 43.6. The van der Waals surface area contributed by atoms with Crippen LogP contribution >= 0.6 is 23.5 Å². The number of amides is 16. The predicted molar refractivity (Wildman–Crippen MR) is 497 cm³/mol. The van der Waals surface area contributed by atoms with Gasteiger partial charge in [-0.1, -0.05) is 106 Å². The van der Waals surface area contributed by atoms with E-state index in [9.17, 15) is 97.5 Å². The second kappa shape index (κ2) is 52.0. The summed E-state index contributed by atoms with van der Waals surface area (Å²) in [6.07, 6.45) is -9.25. The van der Waals surface area contributed by atoms with Crippen LogP contribution in [0.25, 0.3) is 10.8 Å². The molecule has 2 unspecified atom stereocenters. The fourth-order valence-electron chi connectivity index (χ4n) is 14.3. The van der Waals surface area contributed by atoms with Gasteiger partial charge in [-0.25, -0.2) is 21.8 Å². The van der Waals surface area contributed by atoms with E-state index < -0.39 is 360 Å². The zero-order valence-corrected chi connectivity index (χ0v) is 80.0. The molecule has 0 saturated carbocycles. The van der Waals surface area contributed by atoms with Crippen LogP contribution in [0.5, 0.6) is 5.75 Å². The van der Waals surface area contributed by atoms with E-state index in [1.54, 1.807) is 48.5 Å². The Morgan fingerprint density at radius 3 is 1.42 bits per heavy atom. The summed E-state index contributed by atoms with van der Waals surface area (Å²) in [7, 11) is -9.82. The highest BCUT2D eigenvalue weighted by molar-refractivity contribution is 8.00. The standard InChI is InChI=1S/C85H117N21O29S4/c1-44(86)71(118)100-62-41-137-31-33-139(134,135)105-29-28-104-42-103(43-105)102-106(84(131)47(4)91-72(119)45(2)89-75(122)57(36-51-18-13-17-50-16-11-12-19-53(50)51)96-74(121)54(24-26-65(109)110)92-78(125)58(37-64(87)108)93-73(120)46(3)90-81(62)128)63(25-27-66(111)112)82(129)98-59(38-67(113)114)79(126)95-55(34-48-14-9-8-10-15-48)76(123)94-56(35-49-20-22-52(107)23-21-49)77(124)97-60(39-68(115)116)80(127)101-69(85(5,6)7)83(130)99-61(70(88)117)40-136-30-32-138(104,132)133/h8-23,44-47,54-63,69,102,107H,24-43,86H2,1-7H3,(H2,87,108)(H2,88,117)(H,89,122)(H,90,128)(H,91,119)(H,92,125)(H,93,120)(H,94,123)(H,95,126)(H,96,121)(H,97,124)(H,98,129)(H,99,130)(H,100,118)(H,101,127)(H,109,110)(H,111,112)(H,113,114)(H,115,116)/t44-,45+,46+,47+,54-,55-,56-,57-,58-,59-,60-,61-,62-,63-,69+/m0/s1. The zero-order chi connectivity index (χ0) is 103. The maximum atomic E-state index is 16.0. The molecule has 139 heavy (non-hydrogen) atoms. The second-order valence-electron chi connectivity index (χ2n) is 34.2. The summed E-state index contributed by atoms with van der Waals surface area (Å²) in [5.41, 5.74) is 19.2. The molecule has 0 radical (unpaired) electrons. The number of phenolic OH excluding ortho intramolecular Hbond substituents is 1. The van der Waals surface area contributed by atoms with Crippen LogP contribution in [0, 0.1) is 5.41 Å². The third-order valence-electron chi connectivity index (χ3n) is 21.9. The van der Waals surface area contributed by atoms with Gasteiger partial charge in [0.05, 0.1) is 50.1 Å². The number of aromatic hydroxyl groups is 1. The van der Waals surface area contributed by atoms with Crippen molar-refractivity contribution in [2.24, 2.45) is 22.6 Å². The number of hydrogen-bond donors (Lipinski definition) is 22. The molecule has 25 N–H and O–H groups in total. The number of aliphatic carboxylic acids is 4. The number of rotatable bonds is 21. The minimum atomic E-state index is -4.91. The number of nitrogens with one attached hydrogen (secondary N) is 14. The van der Waals surface area contributed by atoms with Crippen molar-refractivity contribution >= 4 is 173 Å². The lowest BCUT2D eigenvalue weighted by Crippen LogP contribution is -2.67. The molecule has 0 aromatic heterocycles. The quantitative estimate of drug-likeness (QED) is 0.0369. The average Bonchev–Trinajstić information content (AvgIpc) is 1.78. The molecular weight excluding hydrogens is 1910 g/mol. The fraction of sp³-hybridized carbons (Fsp3) is 0.506. The van der Waals surface area contributed by atoms with E-state index in [0.717, 1.165) is 20.8 Å². The molecule has 54 heteroatoms. The molecule has 3 heterocycles. The fourth-order valence-corrected chi connectivity index (χ4v) is 20.0. The van der Waals surface area contributed by atoms with Crippen molar-refractivity contribution in [3.63, 3.8) is 0 Å². The van der Waals surface area contributed by atoms with Gasteiger partial charge in [0.1, 0.15) is 90.3 Å². The summed E-state index contributed by atoms with van der Waals surface area (Å²) < 4.78 is 61.9. The Bertz CT molecular complexity index is 5450. The van der Waals surface area contributed by atoms with E-state index in [4.69, 9.17) is 17.2 Å². The molecule has 0 aliphatic carbocycles. The summed E-state index contributed by atoms with van der Waals surface area (Å²) >= 11 is 1.36. The Balaban J connectivity index is 1.44. The van der Waals surface area contributed by atoms with Crippen LogP contribution < -0.4 is 91.9 Å². The Kier molecular flexibility index (Phi) is 42.1. The van der Waals surface area contributed by atoms with E-state index in [1.165, 1.54) is 76.2 Å². The first kappa shape index (κ1) is 113. The Morgan fingerprint density at radius 2 is 0.899 bits per heavy atom. The summed E-state index contributed by atoms with van der Waals surface area (Å²) in [5.74, 6) is -32.0. The zero-order valence-electron chi connectivity index (χ0n) is 76.7. The highest BCUT2D eigenvalue weighted by Crippen LogP contribution is 2.25. The molecule has 16 amide bonds. The minimum absolute atomic E-state index is 0.174. The van der Waals surface area contributed by atoms with Crippen molar-refractivity contribution in [1.82, 2.24) is 93.3 Å². The SMILES string of the molecule is C[C@H](N)C(=O)N[C@H]1CSCCS(=O)(=O)N2CCN3C[N@](C2)NN(C(=O)[C@@H](C)NC(=O)[C@@H](C)NC(=O)[C@H](Cc2cccc4ccccc24)NC(=O)[C@H](CCC(=O)O)NC(=O)[C@H](CC(N)=O)NC(=O)[C@@H](C)NC1=O)[C@@H](CCC(=O)O)C(=O)N[C@@H](CC(=O)O)C(=O)N[C@@H](Cc1ccccc1)C(=O)N[C@@H](Cc1ccc(O)cc1)C(=O)N[C@@H](CC(=O)O)C(=O)N[C@@H](C(C)(C)C)C(=O)N[C@H](C(N)=O)CSCCS3(=O)=O. The molecule has 0 spiro atoms. The molecular formula is C85H117N21O29S4. The number of benzene rings is 4. The predicted octanol–water partition coefficient (Wildman–Crippen LogP) is -7.03. The van der Waals surface area contributed by atoms with Crippen LogP contribution in [0.2, 0.25) is 0 Å². The van der Waals surface area contributed by atoms with E-state index in [0.29, 0.717) is 53.5 Å². The number of carbonyl (C=O) groups excluding carboxylic acids is 16. The molecule has 4 aromatic carbocycles. The summed E-state index contributed by atoms with van der Waals surface area (Å²) in [6, 6.07) is -5.10. The van der Waals surface area contributed by atoms with Crippen LogP contribution in [0.15, 0.2) is 97.1 Å². The lowest BCUT2D eigenvalue weighted by molar-refractivity contribution is -0.156. The number of hydrazine groups is 2. The number of thioether (sulfide) groups is 2. The highest BCUT2D eigenvalue weighted by Gasteiger charge is 2.45. The molecule has 4 bridgehead atoms.